The van der Waals surface area contributed by atoms with Crippen molar-refractivity contribution in [1.29, 1.82) is 0 Å². The van der Waals surface area contributed by atoms with E-state index in [2.05, 4.69) is 0 Å². The summed E-state index contributed by atoms with van der Waals surface area (Å²) < 4.78 is 76.7. The third-order valence-corrected chi connectivity index (χ3v) is 4.55. The van der Waals surface area contributed by atoms with Crippen LogP contribution >= 0.6 is 0 Å². The summed E-state index contributed by atoms with van der Waals surface area (Å²) in [6, 6.07) is 0. The lowest BCUT2D eigenvalue weighted by atomic mass is 9.79. The van der Waals surface area contributed by atoms with E-state index in [4.69, 9.17) is 0 Å². The van der Waals surface area contributed by atoms with Gasteiger partial charge in [0.05, 0.1) is 5.41 Å². The highest BCUT2D eigenvalue weighted by Crippen LogP contribution is 2.85. The molecule has 0 saturated heterocycles. The summed E-state index contributed by atoms with van der Waals surface area (Å²) in [5, 5.41) is 0. The van der Waals surface area contributed by atoms with Gasteiger partial charge < -0.3 is 4.79 Å². The number of aldehydes is 1. The van der Waals surface area contributed by atoms with Gasteiger partial charge >= 0.3 is 12.4 Å². The number of alkyl halides is 6. The Morgan fingerprint density at radius 3 is 1.65 bits per heavy atom. The fraction of sp³-hybridized carbons (Fsp3) is 0.900. The van der Waals surface area contributed by atoms with Gasteiger partial charge in [0, 0.05) is 5.41 Å². The quantitative estimate of drug-likeness (QED) is 0.548. The normalized spacial score (nSPS) is 39.9. The summed E-state index contributed by atoms with van der Waals surface area (Å²) in [5.74, 6) is 0. The van der Waals surface area contributed by atoms with Gasteiger partial charge in [0.1, 0.15) is 11.7 Å². The molecule has 0 radical (unpaired) electrons. The topological polar surface area (TPSA) is 17.1 Å². The minimum Gasteiger partial charge on any atom is -0.302 e. The molecule has 0 aliphatic heterocycles. The number of halogens is 6. The van der Waals surface area contributed by atoms with Crippen molar-refractivity contribution in [2.75, 3.05) is 0 Å². The van der Waals surface area contributed by atoms with Crippen LogP contribution in [0.1, 0.15) is 26.2 Å². The highest BCUT2D eigenvalue weighted by molar-refractivity contribution is 5.69. The predicted octanol–water partition coefficient (Wildman–Crippen LogP) is 3.49. The molecule has 2 unspecified atom stereocenters. The average Bonchev–Trinajstić information content (AvgIpc) is 2.91. The van der Waals surface area contributed by atoms with E-state index in [0.717, 1.165) is 6.92 Å². The molecule has 0 amide bonds. The van der Waals surface area contributed by atoms with Gasteiger partial charge in [-0.15, -0.1) is 0 Å². The van der Waals surface area contributed by atoms with E-state index < -0.39 is 35.0 Å². The molecule has 0 aromatic carbocycles. The summed E-state index contributed by atoms with van der Waals surface area (Å²) in [4.78, 5) is 10.7. The zero-order valence-corrected chi connectivity index (χ0v) is 8.87. The molecular formula is C10H10F6O. The standard InChI is InChI=1S/C10H10F6O/c1-6(7(2-3-7)9(11,12)13)4-8(6,5-17)10(14,15)16/h5H,2-4H2,1H3. The molecule has 0 aromatic heterocycles. The molecule has 1 nitrogen and oxygen atoms in total. The van der Waals surface area contributed by atoms with E-state index in [1.807, 2.05) is 0 Å². The van der Waals surface area contributed by atoms with Crippen molar-refractivity contribution in [2.24, 2.45) is 16.2 Å². The maximum absolute atomic E-state index is 12.8. The van der Waals surface area contributed by atoms with E-state index >= 15 is 0 Å². The smallest absolute Gasteiger partial charge is 0.302 e. The first-order valence-electron chi connectivity index (χ1n) is 5.07. The fourth-order valence-corrected chi connectivity index (χ4v) is 3.03. The number of hydrogen-bond donors (Lipinski definition) is 0. The molecule has 2 rings (SSSR count). The summed E-state index contributed by atoms with van der Waals surface area (Å²) >= 11 is 0. The van der Waals surface area contributed by atoms with Crippen LogP contribution in [0.3, 0.4) is 0 Å². The van der Waals surface area contributed by atoms with Crippen LogP contribution in [0.15, 0.2) is 0 Å². The van der Waals surface area contributed by atoms with Crippen molar-refractivity contribution >= 4 is 6.29 Å². The molecule has 7 heteroatoms. The molecule has 2 saturated carbocycles. The Balaban J connectivity index is 2.40. The first kappa shape index (κ1) is 12.7. The Labute approximate surface area is 93.2 Å². The molecule has 17 heavy (non-hydrogen) atoms. The van der Waals surface area contributed by atoms with Gasteiger partial charge in [-0.05, 0) is 19.3 Å². The lowest BCUT2D eigenvalue weighted by Gasteiger charge is -2.30. The minimum absolute atomic E-state index is 0.321. The van der Waals surface area contributed by atoms with E-state index in [1.165, 1.54) is 0 Å². The molecule has 2 fully saturated rings. The Kier molecular flexibility index (Phi) is 2.09. The number of rotatable bonds is 2. The second-order valence-electron chi connectivity index (χ2n) is 5.18. The molecule has 98 valence electrons. The summed E-state index contributed by atoms with van der Waals surface area (Å²) in [7, 11) is 0. The molecule has 0 aromatic rings. The zero-order valence-electron chi connectivity index (χ0n) is 8.87. The summed E-state index contributed by atoms with van der Waals surface area (Å²) in [6.45, 7) is 0.926. The molecule has 0 N–H and O–H groups in total. The first-order chi connectivity index (χ1) is 7.47. The van der Waals surface area contributed by atoms with Gasteiger partial charge in [0.15, 0.2) is 0 Å². The van der Waals surface area contributed by atoms with Gasteiger partial charge in [-0.25, -0.2) is 0 Å². The van der Waals surface area contributed by atoms with Crippen molar-refractivity contribution in [2.45, 2.75) is 38.5 Å². The third-order valence-electron chi connectivity index (χ3n) is 4.55. The highest BCUT2D eigenvalue weighted by atomic mass is 19.4. The molecular weight excluding hydrogens is 250 g/mol. The van der Waals surface area contributed by atoms with Crippen LogP contribution in [-0.4, -0.2) is 18.6 Å². The van der Waals surface area contributed by atoms with Gasteiger partial charge in [-0.1, -0.05) is 6.92 Å². The van der Waals surface area contributed by atoms with Crippen LogP contribution in [0, 0.1) is 16.2 Å². The maximum atomic E-state index is 12.8. The fourth-order valence-electron chi connectivity index (χ4n) is 3.03. The summed E-state index contributed by atoms with van der Waals surface area (Å²) in [6.07, 6.45) is -11.3. The number of carbonyl (C=O) groups is 1. The Hall–Kier alpha value is -0.750. The van der Waals surface area contributed by atoms with Gasteiger partial charge in [-0.2, -0.15) is 26.3 Å². The van der Waals surface area contributed by atoms with Gasteiger partial charge in [0.25, 0.3) is 0 Å². The molecule has 2 atom stereocenters. The first-order valence-corrected chi connectivity index (χ1v) is 5.07. The van der Waals surface area contributed by atoms with Crippen LogP contribution in [-0.2, 0) is 4.79 Å². The highest BCUT2D eigenvalue weighted by Gasteiger charge is 2.90. The van der Waals surface area contributed by atoms with E-state index in [-0.39, 0.29) is 19.1 Å². The molecule has 0 bridgehead atoms. The Bertz CT molecular complexity index is 366. The second-order valence-corrected chi connectivity index (χ2v) is 5.18. The van der Waals surface area contributed by atoms with Gasteiger partial charge in [0.2, 0.25) is 0 Å². The monoisotopic (exact) mass is 260 g/mol. The van der Waals surface area contributed by atoms with E-state index in [9.17, 15) is 31.1 Å². The largest absolute Gasteiger partial charge is 0.401 e. The molecule has 2 aliphatic rings. The van der Waals surface area contributed by atoms with Crippen molar-refractivity contribution < 1.29 is 31.1 Å². The number of hydrogen-bond acceptors (Lipinski definition) is 1. The van der Waals surface area contributed by atoms with Crippen LogP contribution in [0.25, 0.3) is 0 Å². The van der Waals surface area contributed by atoms with Crippen molar-refractivity contribution in [3.05, 3.63) is 0 Å². The summed E-state index contributed by atoms with van der Waals surface area (Å²) in [5.41, 5.74) is -7.17. The Morgan fingerprint density at radius 1 is 1.00 bits per heavy atom. The van der Waals surface area contributed by atoms with Crippen LogP contribution in [0.2, 0.25) is 0 Å². The van der Waals surface area contributed by atoms with Crippen molar-refractivity contribution in [3.8, 4) is 0 Å². The average molecular weight is 260 g/mol. The van der Waals surface area contributed by atoms with Gasteiger partial charge in [-0.3, -0.25) is 0 Å². The number of carbonyl (C=O) groups excluding carboxylic acids is 1. The zero-order chi connectivity index (χ0) is 13.3. The van der Waals surface area contributed by atoms with E-state index in [0.29, 0.717) is 0 Å². The van der Waals surface area contributed by atoms with Crippen LogP contribution < -0.4 is 0 Å². The Morgan fingerprint density at radius 2 is 1.47 bits per heavy atom. The SMILES string of the molecule is CC1(C2(C(F)(F)F)CC2)CC1(C=O)C(F)(F)F. The minimum atomic E-state index is -4.91. The third kappa shape index (κ3) is 1.20. The lowest BCUT2D eigenvalue weighted by Crippen LogP contribution is -2.41. The van der Waals surface area contributed by atoms with Crippen molar-refractivity contribution in [1.82, 2.24) is 0 Å². The predicted molar refractivity (Wildman–Crippen MR) is 45.0 cm³/mol. The maximum Gasteiger partial charge on any atom is 0.401 e. The van der Waals surface area contributed by atoms with Crippen LogP contribution in [0.4, 0.5) is 26.3 Å². The molecule has 0 spiro atoms. The molecule has 0 heterocycles. The van der Waals surface area contributed by atoms with E-state index in [1.54, 1.807) is 0 Å². The van der Waals surface area contributed by atoms with Crippen molar-refractivity contribution in [3.63, 3.8) is 0 Å². The van der Waals surface area contributed by atoms with Crippen LogP contribution in [0.5, 0.6) is 0 Å². The lowest BCUT2D eigenvalue weighted by molar-refractivity contribution is -0.233. The second kappa shape index (κ2) is 2.80. The molecule has 2 aliphatic carbocycles.